The topological polar surface area (TPSA) is 112 Å². The molecule has 17 heavy (non-hydrogen) atoms. The van der Waals surface area contributed by atoms with E-state index in [1.165, 1.54) is 6.92 Å². The molecule has 0 saturated carbocycles. The second-order valence-electron chi connectivity index (χ2n) is 4.11. The molecule has 0 aromatic heterocycles. The number of carboxylic acid groups (broad SMARTS) is 1. The Labute approximate surface area is 98.7 Å². The van der Waals surface area contributed by atoms with Crippen LogP contribution in [0, 0.1) is 0 Å². The number of rotatable bonds is 5. The van der Waals surface area contributed by atoms with Crippen molar-refractivity contribution in [2.45, 2.75) is 25.4 Å². The van der Waals surface area contributed by atoms with Crippen LogP contribution in [0.5, 0.6) is 0 Å². The molecule has 0 saturated heterocycles. The molecule has 0 radical (unpaired) electrons. The van der Waals surface area contributed by atoms with Gasteiger partial charge in [-0.2, -0.15) is 0 Å². The summed E-state index contributed by atoms with van der Waals surface area (Å²) in [6, 6.07) is 7.19. The van der Waals surface area contributed by atoms with Gasteiger partial charge in [0.25, 0.3) is 0 Å². The van der Waals surface area contributed by atoms with Crippen LogP contribution in [-0.4, -0.2) is 16.6 Å². The minimum Gasteiger partial charge on any atom is -0.480 e. The van der Waals surface area contributed by atoms with Crippen molar-refractivity contribution in [3.05, 3.63) is 45.8 Å². The average Bonchev–Trinajstić information content (AvgIpc) is 2.26. The first kappa shape index (κ1) is 13.0. The molecular weight excluding hydrogens is 220 g/mol. The second-order valence-corrected chi connectivity index (χ2v) is 4.11. The normalized spacial score (nSPS) is 13.5. The summed E-state index contributed by atoms with van der Waals surface area (Å²) in [5, 5.41) is 12.4. The SMILES string of the molecule is CC(N)(Cc1cccc(CN=[N+]=[N-])c1)C(=O)O. The summed E-state index contributed by atoms with van der Waals surface area (Å²) >= 11 is 0. The zero-order valence-corrected chi connectivity index (χ0v) is 9.50. The van der Waals surface area contributed by atoms with Crippen LogP contribution in [0.1, 0.15) is 18.1 Å². The van der Waals surface area contributed by atoms with Crippen molar-refractivity contribution >= 4 is 5.97 Å². The molecule has 0 amide bonds. The van der Waals surface area contributed by atoms with Gasteiger partial charge in [-0.1, -0.05) is 29.4 Å². The number of carbonyl (C=O) groups is 1. The lowest BCUT2D eigenvalue weighted by Gasteiger charge is -2.19. The highest BCUT2D eigenvalue weighted by Gasteiger charge is 2.27. The number of nitrogens with two attached hydrogens (primary N) is 1. The Bertz CT molecular complexity index is 464. The van der Waals surface area contributed by atoms with Crippen molar-refractivity contribution in [1.82, 2.24) is 0 Å². The molecule has 1 rings (SSSR count). The number of nitrogens with zero attached hydrogens (tertiary/aromatic N) is 3. The number of hydrogen-bond acceptors (Lipinski definition) is 3. The molecule has 0 aliphatic carbocycles. The van der Waals surface area contributed by atoms with E-state index in [9.17, 15) is 4.79 Å². The monoisotopic (exact) mass is 234 g/mol. The molecule has 0 heterocycles. The Hall–Kier alpha value is -2.04. The van der Waals surface area contributed by atoms with Gasteiger partial charge >= 0.3 is 5.97 Å². The number of carboxylic acids is 1. The zero-order valence-electron chi connectivity index (χ0n) is 9.50. The van der Waals surface area contributed by atoms with E-state index in [1.54, 1.807) is 18.2 Å². The van der Waals surface area contributed by atoms with Crippen molar-refractivity contribution in [3.63, 3.8) is 0 Å². The Morgan fingerprint density at radius 2 is 2.24 bits per heavy atom. The van der Waals surface area contributed by atoms with E-state index in [1.807, 2.05) is 6.07 Å². The van der Waals surface area contributed by atoms with Crippen molar-refractivity contribution in [3.8, 4) is 0 Å². The molecule has 0 aliphatic rings. The molecule has 1 aromatic rings. The summed E-state index contributed by atoms with van der Waals surface area (Å²) in [5.74, 6) is -1.04. The van der Waals surface area contributed by atoms with Gasteiger partial charge in [-0.25, -0.2) is 0 Å². The molecular formula is C11H14N4O2. The molecule has 1 atom stereocenters. The number of aliphatic carboxylic acids is 1. The van der Waals surface area contributed by atoms with E-state index < -0.39 is 11.5 Å². The van der Waals surface area contributed by atoms with Crippen molar-refractivity contribution in [2.75, 3.05) is 0 Å². The van der Waals surface area contributed by atoms with E-state index in [0.29, 0.717) is 0 Å². The highest BCUT2D eigenvalue weighted by molar-refractivity contribution is 5.78. The fourth-order valence-corrected chi connectivity index (χ4v) is 1.45. The predicted molar refractivity (Wildman–Crippen MR) is 63.2 cm³/mol. The minimum atomic E-state index is -1.29. The third-order valence-corrected chi connectivity index (χ3v) is 2.37. The third kappa shape index (κ3) is 3.79. The molecule has 3 N–H and O–H groups in total. The van der Waals surface area contributed by atoms with Crippen LogP contribution in [0.2, 0.25) is 0 Å². The Kier molecular flexibility index (Phi) is 4.09. The molecule has 90 valence electrons. The maximum Gasteiger partial charge on any atom is 0.323 e. The maximum atomic E-state index is 10.9. The van der Waals surface area contributed by atoms with Gasteiger partial charge < -0.3 is 10.8 Å². The molecule has 6 nitrogen and oxygen atoms in total. The van der Waals surface area contributed by atoms with Crippen LogP contribution in [0.4, 0.5) is 0 Å². The maximum absolute atomic E-state index is 10.9. The van der Waals surface area contributed by atoms with E-state index in [4.69, 9.17) is 16.4 Å². The summed E-state index contributed by atoms with van der Waals surface area (Å²) in [4.78, 5) is 13.6. The Morgan fingerprint density at radius 1 is 1.59 bits per heavy atom. The minimum absolute atomic E-state index is 0.229. The van der Waals surface area contributed by atoms with Crippen LogP contribution in [-0.2, 0) is 17.8 Å². The van der Waals surface area contributed by atoms with Crippen molar-refractivity contribution in [1.29, 1.82) is 0 Å². The van der Waals surface area contributed by atoms with Gasteiger partial charge in [0.1, 0.15) is 5.54 Å². The summed E-state index contributed by atoms with van der Waals surface area (Å²) in [5.41, 5.74) is 14.2. The van der Waals surface area contributed by atoms with Gasteiger partial charge in [0, 0.05) is 11.3 Å². The number of benzene rings is 1. The van der Waals surface area contributed by atoms with Crippen LogP contribution < -0.4 is 5.73 Å². The molecule has 0 bridgehead atoms. The smallest absolute Gasteiger partial charge is 0.323 e. The predicted octanol–water partition coefficient (Wildman–Crippen LogP) is 1.84. The van der Waals surface area contributed by atoms with Crippen LogP contribution in [0.15, 0.2) is 29.4 Å². The van der Waals surface area contributed by atoms with Gasteiger partial charge in [-0.05, 0) is 23.6 Å². The summed E-state index contributed by atoms with van der Waals surface area (Å²) < 4.78 is 0. The lowest BCUT2D eigenvalue weighted by Crippen LogP contribution is -2.46. The summed E-state index contributed by atoms with van der Waals surface area (Å²) in [6.45, 7) is 1.72. The first-order valence-corrected chi connectivity index (χ1v) is 5.06. The number of hydrogen-bond donors (Lipinski definition) is 2. The van der Waals surface area contributed by atoms with Gasteiger partial charge in [-0.15, -0.1) is 0 Å². The Morgan fingerprint density at radius 3 is 2.82 bits per heavy atom. The first-order valence-electron chi connectivity index (χ1n) is 5.06. The second kappa shape index (κ2) is 5.34. The van der Waals surface area contributed by atoms with Gasteiger partial charge in [0.2, 0.25) is 0 Å². The molecule has 1 unspecified atom stereocenters. The van der Waals surface area contributed by atoms with Crippen molar-refractivity contribution < 1.29 is 9.90 Å². The quantitative estimate of drug-likeness (QED) is 0.460. The van der Waals surface area contributed by atoms with Crippen LogP contribution in [0.3, 0.4) is 0 Å². The Balaban J connectivity index is 2.85. The molecule has 0 aliphatic heterocycles. The van der Waals surface area contributed by atoms with Crippen LogP contribution >= 0.6 is 0 Å². The zero-order chi connectivity index (χ0) is 12.9. The van der Waals surface area contributed by atoms with E-state index in [2.05, 4.69) is 10.0 Å². The van der Waals surface area contributed by atoms with E-state index in [0.717, 1.165) is 11.1 Å². The fourth-order valence-electron chi connectivity index (χ4n) is 1.45. The highest BCUT2D eigenvalue weighted by Crippen LogP contribution is 2.13. The largest absolute Gasteiger partial charge is 0.480 e. The molecule has 6 heteroatoms. The van der Waals surface area contributed by atoms with Gasteiger partial charge in [0.05, 0.1) is 6.54 Å². The van der Waals surface area contributed by atoms with Crippen LogP contribution in [0.25, 0.3) is 10.4 Å². The van der Waals surface area contributed by atoms with E-state index >= 15 is 0 Å². The first-order chi connectivity index (χ1) is 7.95. The van der Waals surface area contributed by atoms with Crippen molar-refractivity contribution in [2.24, 2.45) is 10.8 Å². The highest BCUT2D eigenvalue weighted by atomic mass is 16.4. The summed E-state index contributed by atoms with van der Waals surface area (Å²) in [7, 11) is 0. The van der Waals surface area contributed by atoms with E-state index in [-0.39, 0.29) is 13.0 Å². The number of azide groups is 1. The average molecular weight is 234 g/mol. The standard InChI is InChI=1S/C11H14N4O2/c1-11(12,10(16)17)6-8-3-2-4-9(5-8)7-14-15-13/h2-5H,6-7,12H2,1H3,(H,16,17). The molecule has 0 spiro atoms. The van der Waals surface area contributed by atoms with Gasteiger partial charge in [0.15, 0.2) is 0 Å². The lowest BCUT2D eigenvalue weighted by molar-refractivity contribution is -0.142. The molecule has 1 aromatic carbocycles. The summed E-state index contributed by atoms with van der Waals surface area (Å²) in [6.07, 6.45) is 0.229. The molecule has 0 fully saturated rings. The fraction of sp³-hybridized carbons (Fsp3) is 0.364. The van der Waals surface area contributed by atoms with Gasteiger partial charge in [-0.3, -0.25) is 4.79 Å². The lowest BCUT2D eigenvalue weighted by atomic mass is 9.93. The third-order valence-electron chi connectivity index (χ3n) is 2.37.